The van der Waals surface area contributed by atoms with E-state index in [0.717, 1.165) is 19.3 Å². The first kappa shape index (κ1) is 5.96. The van der Waals surface area contributed by atoms with Crippen molar-refractivity contribution < 1.29 is 9.90 Å². The fourth-order valence-electron chi connectivity index (χ4n) is 1.83. The standard InChI is InChI=1S/C8H10O2/c9-7(10)8-4-2-1-3-6(8)5-8/h1,3,6H,2,4-5H2,(H,9,10)/t6-,8?/m0/s1. The van der Waals surface area contributed by atoms with Gasteiger partial charge in [0.05, 0.1) is 5.41 Å². The summed E-state index contributed by atoms with van der Waals surface area (Å²) in [7, 11) is 0. The zero-order valence-electron chi connectivity index (χ0n) is 5.71. The second-order valence-electron chi connectivity index (χ2n) is 3.24. The minimum atomic E-state index is -0.596. The van der Waals surface area contributed by atoms with Crippen LogP contribution in [-0.2, 0) is 4.79 Å². The molecule has 1 saturated carbocycles. The van der Waals surface area contributed by atoms with Crippen LogP contribution in [-0.4, -0.2) is 11.1 Å². The SMILES string of the molecule is O=C(O)C12CCC=C[C@H]1C2. The van der Waals surface area contributed by atoms with Crippen LogP contribution in [0.15, 0.2) is 12.2 Å². The van der Waals surface area contributed by atoms with Crippen LogP contribution >= 0.6 is 0 Å². The van der Waals surface area contributed by atoms with Crippen LogP contribution < -0.4 is 0 Å². The Kier molecular flexibility index (Phi) is 0.967. The average molecular weight is 138 g/mol. The molecule has 1 fully saturated rings. The van der Waals surface area contributed by atoms with Gasteiger partial charge < -0.3 is 5.11 Å². The topological polar surface area (TPSA) is 37.3 Å². The van der Waals surface area contributed by atoms with Crippen LogP contribution in [0, 0.1) is 11.3 Å². The Hall–Kier alpha value is -0.790. The van der Waals surface area contributed by atoms with Gasteiger partial charge in [0.15, 0.2) is 0 Å². The zero-order chi connectivity index (χ0) is 7.19. The normalized spacial score (nSPS) is 42.6. The van der Waals surface area contributed by atoms with Gasteiger partial charge in [-0.25, -0.2) is 0 Å². The first-order chi connectivity index (χ1) is 4.76. The van der Waals surface area contributed by atoms with Crippen LogP contribution in [0.4, 0.5) is 0 Å². The molecule has 0 radical (unpaired) electrons. The number of carbonyl (C=O) groups is 1. The number of carboxylic acids is 1. The average Bonchev–Trinajstić information content (AvgIpc) is 2.61. The van der Waals surface area contributed by atoms with Crippen molar-refractivity contribution >= 4 is 5.97 Å². The van der Waals surface area contributed by atoms with Crippen LogP contribution in [0.1, 0.15) is 19.3 Å². The lowest BCUT2D eigenvalue weighted by Gasteiger charge is -2.11. The van der Waals surface area contributed by atoms with Crippen molar-refractivity contribution in [2.45, 2.75) is 19.3 Å². The highest BCUT2D eigenvalue weighted by Gasteiger charge is 2.59. The van der Waals surface area contributed by atoms with Gasteiger partial charge in [0, 0.05) is 0 Å². The predicted octanol–water partition coefficient (Wildman–Crippen LogP) is 1.43. The molecule has 2 aliphatic rings. The van der Waals surface area contributed by atoms with E-state index in [4.69, 9.17) is 5.11 Å². The lowest BCUT2D eigenvalue weighted by molar-refractivity contribution is -0.144. The Morgan fingerprint density at radius 1 is 1.70 bits per heavy atom. The number of aliphatic carboxylic acids is 1. The summed E-state index contributed by atoms with van der Waals surface area (Å²) in [6.07, 6.45) is 6.82. The van der Waals surface area contributed by atoms with Gasteiger partial charge in [0.1, 0.15) is 0 Å². The molecule has 0 spiro atoms. The highest BCUT2D eigenvalue weighted by atomic mass is 16.4. The summed E-state index contributed by atoms with van der Waals surface area (Å²) in [5.74, 6) is -0.236. The Morgan fingerprint density at radius 3 is 3.00 bits per heavy atom. The van der Waals surface area contributed by atoms with E-state index in [-0.39, 0.29) is 5.41 Å². The maximum Gasteiger partial charge on any atom is 0.310 e. The molecular weight excluding hydrogens is 128 g/mol. The maximum absolute atomic E-state index is 10.7. The van der Waals surface area contributed by atoms with Crippen molar-refractivity contribution in [2.24, 2.45) is 11.3 Å². The van der Waals surface area contributed by atoms with E-state index in [0.29, 0.717) is 5.92 Å². The number of allylic oxidation sites excluding steroid dienone is 2. The van der Waals surface area contributed by atoms with Crippen molar-refractivity contribution in [3.05, 3.63) is 12.2 Å². The number of hydrogen-bond acceptors (Lipinski definition) is 1. The largest absolute Gasteiger partial charge is 0.481 e. The summed E-state index contributed by atoms with van der Waals surface area (Å²) in [6, 6.07) is 0. The zero-order valence-corrected chi connectivity index (χ0v) is 5.71. The number of hydrogen-bond donors (Lipinski definition) is 1. The predicted molar refractivity (Wildman–Crippen MR) is 36.5 cm³/mol. The molecule has 10 heavy (non-hydrogen) atoms. The van der Waals surface area contributed by atoms with Crippen LogP contribution in [0.25, 0.3) is 0 Å². The lowest BCUT2D eigenvalue weighted by Crippen LogP contribution is -2.18. The summed E-state index contributed by atoms with van der Waals surface area (Å²) >= 11 is 0. The Balaban J connectivity index is 2.22. The summed E-state index contributed by atoms with van der Waals surface area (Å²) in [5, 5.41) is 8.81. The molecule has 0 bridgehead atoms. The Labute approximate surface area is 59.5 Å². The van der Waals surface area contributed by atoms with Gasteiger partial charge in [-0.15, -0.1) is 0 Å². The summed E-state index contributed by atoms with van der Waals surface area (Å²) in [4.78, 5) is 10.7. The molecule has 0 amide bonds. The molecule has 1 unspecified atom stereocenters. The molecule has 2 aliphatic carbocycles. The molecule has 2 rings (SSSR count). The van der Waals surface area contributed by atoms with Crippen LogP contribution in [0.2, 0.25) is 0 Å². The molecule has 0 aromatic heterocycles. The van der Waals surface area contributed by atoms with Gasteiger partial charge in [-0.1, -0.05) is 12.2 Å². The second-order valence-corrected chi connectivity index (χ2v) is 3.24. The Morgan fingerprint density at radius 2 is 2.50 bits per heavy atom. The van der Waals surface area contributed by atoms with E-state index in [1.165, 1.54) is 0 Å². The summed E-state index contributed by atoms with van der Waals surface area (Å²) in [5.41, 5.74) is -0.325. The van der Waals surface area contributed by atoms with Gasteiger partial charge in [-0.3, -0.25) is 4.79 Å². The van der Waals surface area contributed by atoms with Crippen molar-refractivity contribution in [1.29, 1.82) is 0 Å². The summed E-state index contributed by atoms with van der Waals surface area (Å²) in [6.45, 7) is 0. The third-order valence-electron chi connectivity index (χ3n) is 2.69. The molecule has 2 heteroatoms. The van der Waals surface area contributed by atoms with Crippen molar-refractivity contribution in [2.75, 3.05) is 0 Å². The van der Waals surface area contributed by atoms with Crippen molar-refractivity contribution in [1.82, 2.24) is 0 Å². The number of carboxylic acid groups (broad SMARTS) is 1. The fraction of sp³-hybridized carbons (Fsp3) is 0.625. The molecule has 2 nitrogen and oxygen atoms in total. The van der Waals surface area contributed by atoms with Crippen LogP contribution in [0.5, 0.6) is 0 Å². The van der Waals surface area contributed by atoms with E-state index in [2.05, 4.69) is 12.2 Å². The molecule has 54 valence electrons. The molecule has 0 aliphatic heterocycles. The quantitative estimate of drug-likeness (QED) is 0.556. The lowest BCUT2D eigenvalue weighted by atomic mass is 9.93. The highest BCUT2D eigenvalue weighted by molar-refractivity contribution is 5.79. The molecule has 2 atom stereocenters. The van der Waals surface area contributed by atoms with Crippen molar-refractivity contribution in [3.8, 4) is 0 Å². The first-order valence-electron chi connectivity index (χ1n) is 3.66. The Bertz CT molecular complexity index is 207. The minimum absolute atomic E-state index is 0.325. The smallest absolute Gasteiger partial charge is 0.310 e. The monoisotopic (exact) mass is 138 g/mol. The first-order valence-corrected chi connectivity index (χ1v) is 3.66. The van der Waals surface area contributed by atoms with E-state index in [9.17, 15) is 4.79 Å². The third-order valence-corrected chi connectivity index (χ3v) is 2.69. The number of rotatable bonds is 1. The third kappa shape index (κ3) is 0.564. The van der Waals surface area contributed by atoms with E-state index in [1.54, 1.807) is 0 Å². The van der Waals surface area contributed by atoms with E-state index in [1.807, 2.05) is 0 Å². The molecular formula is C8H10O2. The van der Waals surface area contributed by atoms with E-state index >= 15 is 0 Å². The molecule has 0 aromatic rings. The summed E-state index contributed by atoms with van der Waals surface area (Å²) < 4.78 is 0. The highest BCUT2D eigenvalue weighted by Crippen LogP contribution is 2.58. The maximum atomic E-state index is 10.7. The van der Waals surface area contributed by atoms with Gasteiger partial charge in [0.25, 0.3) is 0 Å². The fourth-order valence-corrected chi connectivity index (χ4v) is 1.83. The molecule has 0 saturated heterocycles. The van der Waals surface area contributed by atoms with Gasteiger partial charge in [0.2, 0.25) is 0 Å². The van der Waals surface area contributed by atoms with Gasteiger partial charge >= 0.3 is 5.97 Å². The molecule has 1 N–H and O–H groups in total. The second kappa shape index (κ2) is 1.62. The van der Waals surface area contributed by atoms with E-state index < -0.39 is 5.97 Å². The minimum Gasteiger partial charge on any atom is -0.481 e. The number of fused-ring (bicyclic) bond motifs is 1. The van der Waals surface area contributed by atoms with Crippen molar-refractivity contribution in [3.63, 3.8) is 0 Å². The van der Waals surface area contributed by atoms with Gasteiger partial charge in [-0.05, 0) is 25.2 Å². The van der Waals surface area contributed by atoms with Crippen LogP contribution in [0.3, 0.4) is 0 Å². The molecule has 0 heterocycles. The molecule has 0 aromatic carbocycles. The van der Waals surface area contributed by atoms with Gasteiger partial charge in [-0.2, -0.15) is 0 Å².